The molecule has 0 spiro atoms. The number of hydrogen-bond acceptors (Lipinski definition) is 2. The van der Waals surface area contributed by atoms with Crippen LogP contribution in [-0.2, 0) is 6.42 Å². The highest BCUT2D eigenvalue weighted by Crippen LogP contribution is 2.37. The van der Waals surface area contributed by atoms with E-state index in [1.807, 2.05) is 12.4 Å². The summed E-state index contributed by atoms with van der Waals surface area (Å²) in [5.41, 5.74) is 1.48. The van der Waals surface area contributed by atoms with E-state index in [1.165, 1.54) is 192 Å². The predicted octanol–water partition coefficient (Wildman–Crippen LogP) is 14.5. The molecule has 2 heteroatoms. The normalized spacial score (nSPS) is 14.0. The summed E-state index contributed by atoms with van der Waals surface area (Å²) in [6.45, 7) is 4.61. The molecular weight excluding hydrogens is 544 g/mol. The number of benzene rings is 1. The maximum atomic E-state index is 4.77. The van der Waals surface area contributed by atoms with Crippen molar-refractivity contribution in [1.29, 1.82) is 0 Å². The van der Waals surface area contributed by atoms with Gasteiger partial charge in [0.15, 0.2) is 12.4 Å². The Balaban J connectivity index is 1.66. The van der Waals surface area contributed by atoms with Gasteiger partial charge in [-0.25, -0.2) is 0 Å². The second-order valence-electron chi connectivity index (χ2n) is 14.4. The molecule has 0 N–H and O–H groups in total. The summed E-state index contributed by atoms with van der Waals surface area (Å²) in [7, 11) is 0. The molecule has 0 bridgehead atoms. The first-order valence-electron chi connectivity index (χ1n) is 20.3. The van der Waals surface area contributed by atoms with Gasteiger partial charge in [-0.2, -0.15) is 0 Å². The van der Waals surface area contributed by atoms with Gasteiger partial charge in [0.25, 0.3) is 0 Å². The summed E-state index contributed by atoms with van der Waals surface area (Å²) in [4.78, 5) is 9.53. The van der Waals surface area contributed by atoms with E-state index >= 15 is 0 Å². The number of aliphatic imine (C=N–C) groups is 2. The van der Waals surface area contributed by atoms with Crippen molar-refractivity contribution < 1.29 is 0 Å². The summed E-state index contributed by atoms with van der Waals surface area (Å²) < 4.78 is 0. The number of nitrogens with zero attached hydrogens (tertiary/aromatic N) is 2. The van der Waals surface area contributed by atoms with Gasteiger partial charge in [0.2, 0.25) is 6.17 Å². The van der Waals surface area contributed by atoms with Crippen LogP contribution >= 0.6 is 0 Å². The first kappa shape index (κ1) is 39.6. The van der Waals surface area contributed by atoms with E-state index in [-0.39, 0.29) is 0 Å². The largest absolute Gasteiger partial charge is 0.244 e. The lowest BCUT2D eigenvalue weighted by Crippen LogP contribution is -2.22. The summed E-state index contributed by atoms with van der Waals surface area (Å²) in [5.74, 6) is 1.14. The van der Waals surface area contributed by atoms with Crippen LogP contribution in [0.1, 0.15) is 206 Å². The van der Waals surface area contributed by atoms with Crippen LogP contribution in [0, 0.1) is 18.0 Å². The molecule has 2 atom stereocenters. The van der Waals surface area contributed by atoms with Crippen LogP contribution in [0.5, 0.6) is 0 Å². The lowest BCUT2D eigenvalue weighted by atomic mass is 9.78. The quantitative estimate of drug-likeness (QED) is 0.0552. The molecule has 2 rings (SSSR count). The van der Waals surface area contributed by atoms with Crippen LogP contribution in [0.25, 0.3) is 0 Å². The van der Waals surface area contributed by atoms with Crippen molar-refractivity contribution in [1.82, 2.24) is 0 Å². The molecule has 0 aromatic heterocycles. The van der Waals surface area contributed by atoms with Gasteiger partial charge in [0, 0.05) is 0 Å². The van der Waals surface area contributed by atoms with E-state index in [0.717, 1.165) is 12.6 Å². The number of rotatable bonds is 33. The molecule has 0 amide bonds. The van der Waals surface area contributed by atoms with E-state index < -0.39 is 0 Å². The Morgan fingerprint density at radius 3 is 1.20 bits per heavy atom. The zero-order chi connectivity index (χ0) is 31.9. The minimum absolute atomic E-state index is 0.495. The molecule has 1 heterocycles. The van der Waals surface area contributed by atoms with Crippen molar-refractivity contribution in [2.75, 3.05) is 0 Å². The highest BCUT2D eigenvalue weighted by atomic mass is 15.0. The van der Waals surface area contributed by atoms with E-state index in [1.54, 1.807) is 0 Å². The molecule has 0 saturated heterocycles. The van der Waals surface area contributed by atoms with Crippen molar-refractivity contribution in [3.05, 3.63) is 42.1 Å². The third-order valence-electron chi connectivity index (χ3n) is 10.3. The molecule has 0 aliphatic carbocycles. The smallest absolute Gasteiger partial charge is 0.0965 e. The second-order valence-corrected chi connectivity index (χ2v) is 14.4. The number of unbranched alkanes of at least 4 members (excludes halogenated alkanes) is 25. The molecule has 0 fully saturated rings. The molecule has 2 nitrogen and oxygen atoms in total. The maximum Gasteiger partial charge on any atom is 0.244 e. The fourth-order valence-corrected chi connectivity index (χ4v) is 7.37. The highest BCUT2D eigenvalue weighted by molar-refractivity contribution is 6.18. The maximum absolute atomic E-state index is 4.77. The van der Waals surface area contributed by atoms with Gasteiger partial charge in [-0.3, -0.25) is 0 Å². The Bertz CT molecular complexity index is 787. The van der Waals surface area contributed by atoms with Crippen molar-refractivity contribution in [2.45, 2.75) is 206 Å². The predicted molar refractivity (Wildman–Crippen MR) is 203 cm³/mol. The molecule has 0 radical (unpaired) electrons. The van der Waals surface area contributed by atoms with Crippen LogP contribution in [-0.4, -0.2) is 12.4 Å². The molecule has 2 unspecified atom stereocenters. The summed E-state index contributed by atoms with van der Waals surface area (Å²) in [6, 6.07) is 11.2. The van der Waals surface area contributed by atoms with Gasteiger partial charge < -0.3 is 0 Å². The zero-order valence-corrected chi connectivity index (χ0v) is 30.3. The third-order valence-corrected chi connectivity index (χ3v) is 10.3. The Kier molecular flexibility index (Phi) is 26.2. The molecule has 1 aromatic carbocycles. The highest BCUT2D eigenvalue weighted by Gasteiger charge is 2.35. The van der Waals surface area contributed by atoms with E-state index in [0.29, 0.717) is 11.8 Å². The zero-order valence-electron chi connectivity index (χ0n) is 30.3. The third kappa shape index (κ3) is 21.8. The summed E-state index contributed by atoms with van der Waals surface area (Å²) in [5, 5.41) is 0. The fourth-order valence-electron chi connectivity index (χ4n) is 7.37. The van der Waals surface area contributed by atoms with Crippen molar-refractivity contribution in [3.63, 3.8) is 0 Å². The lowest BCUT2D eigenvalue weighted by Gasteiger charge is -2.26. The summed E-state index contributed by atoms with van der Waals surface area (Å²) >= 11 is 0. The number of hydrogen-bond donors (Lipinski definition) is 0. The van der Waals surface area contributed by atoms with Gasteiger partial charge in [-0.1, -0.05) is 228 Å². The van der Waals surface area contributed by atoms with Crippen molar-refractivity contribution >= 4 is 12.4 Å². The van der Waals surface area contributed by atoms with Crippen LogP contribution in [0.3, 0.4) is 0 Å². The van der Waals surface area contributed by atoms with Crippen molar-refractivity contribution in [2.24, 2.45) is 21.8 Å². The van der Waals surface area contributed by atoms with Gasteiger partial charge in [0.05, 0.1) is 5.92 Å². The minimum atomic E-state index is 0.495. The Morgan fingerprint density at radius 2 is 0.800 bits per heavy atom. The molecule has 1 aliphatic rings. The average Bonchev–Trinajstić information content (AvgIpc) is 3.60. The molecular formula is C43H75N2+. The molecule has 256 valence electrons. The van der Waals surface area contributed by atoms with Crippen LogP contribution in [0.2, 0.25) is 0 Å². The topological polar surface area (TPSA) is 24.7 Å². The first-order valence-corrected chi connectivity index (χ1v) is 20.3. The Labute approximate surface area is 282 Å². The monoisotopic (exact) mass is 620 g/mol. The van der Waals surface area contributed by atoms with Gasteiger partial charge >= 0.3 is 0 Å². The van der Waals surface area contributed by atoms with E-state index in [9.17, 15) is 0 Å². The van der Waals surface area contributed by atoms with Gasteiger partial charge in [-0.15, -0.1) is 0 Å². The van der Waals surface area contributed by atoms with E-state index in [2.05, 4.69) is 44.2 Å². The lowest BCUT2D eigenvalue weighted by molar-refractivity contribution is 0.284. The van der Waals surface area contributed by atoms with E-state index in [4.69, 9.17) is 9.98 Å². The summed E-state index contributed by atoms with van der Waals surface area (Å²) in [6.07, 6.45) is 47.0. The molecule has 45 heavy (non-hydrogen) atoms. The van der Waals surface area contributed by atoms with Crippen LogP contribution in [0.4, 0.5) is 0 Å². The van der Waals surface area contributed by atoms with Gasteiger partial charge in [0.1, 0.15) is 0 Å². The van der Waals surface area contributed by atoms with Crippen LogP contribution < -0.4 is 0 Å². The minimum Gasteiger partial charge on any atom is -0.0965 e. The second kappa shape index (κ2) is 29.8. The Hall–Kier alpha value is -1.57. The average molecular weight is 620 g/mol. The van der Waals surface area contributed by atoms with Crippen molar-refractivity contribution in [3.8, 4) is 0 Å². The molecule has 0 saturated carbocycles. The fraction of sp³-hybridized carbons (Fsp3) is 0.791. The molecule has 1 aliphatic heterocycles. The Morgan fingerprint density at radius 1 is 0.444 bits per heavy atom. The molecule has 1 aromatic rings. The standard InChI is InChI=1S/C43H75N2/c1-3-5-7-9-11-13-15-17-19-20-22-24-26-31-35-41(39-40-33-29-28-30-34-40)42(43-44-37-38-45-43)36-32-27-25-23-21-18-16-14-12-10-8-6-4-2/h28-30,33-34,37-38,41-42H,3-27,31-32,35-36,39H2,1-2H3/q+1. The van der Waals surface area contributed by atoms with Crippen LogP contribution in [0.15, 0.2) is 40.3 Å². The van der Waals surface area contributed by atoms with Gasteiger partial charge in [-0.05, 0) is 30.7 Å². The SMILES string of the molecule is CCCCCCCCCCCCCCCCC(Cc1ccccc1)C(CCCCCCCCCCCCCCC)[C+]1N=CC=N1. The first-order chi connectivity index (χ1) is 22.3.